The molecule has 10 nitrogen and oxygen atoms in total. The molecule has 3 amide bonds. The Hall–Kier alpha value is -3.99. The van der Waals surface area contributed by atoms with Crippen molar-refractivity contribution in [2.45, 2.75) is 23.0 Å². The van der Waals surface area contributed by atoms with Crippen LogP contribution in [0, 0.1) is 10.1 Å². The monoisotopic (exact) mass is 451 g/mol. The number of nitrogens with one attached hydrogen (secondary N) is 1. The number of carbonyl (C=O) groups is 3. The lowest BCUT2D eigenvalue weighted by Crippen LogP contribution is -2.45. The molecule has 1 aliphatic rings. The Morgan fingerprint density at radius 2 is 1.91 bits per heavy atom. The summed E-state index contributed by atoms with van der Waals surface area (Å²) in [7, 11) is 1.85. The van der Waals surface area contributed by atoms with Crippen molar-refractivity contribution in [2.24, 2.45) is 7.05 Å². The maximum absolute atomic E-state index is 13.0. The first-order valence-corrected chi connectivity index (χ1v) is 10.3. The summed E-state index contributed by atoms with van der Waals surface area (Å²) >= 11 is 1.34. The van der Waals surface area contributed by atoms with Crippen molar-refractivity contribution in [1.82, 2.24) is 14.5 Å². The SMILES string of the molecule is CC(C(=O)Nc1ccccc1Sc1nccn1C)N1C(=O)c2cccc([N+](=O)[O-])c2C1=O. The molecule has 162 valence electrons. The van der Waals surface area contributed by atoms with Crippen molar-refractivity contribution in [3.8, 4) is 0 Å². The number of rotatable bonds is 6. The van der Waals surface area contributed by atoms with E-state index in [2.05, 4.69) is 10.3 Å². The van der Waals surface area contributed by atoms with Crippen LogP contribution in [0.3, 0.4) is 0 Å². The van der Waals surface area contributed by atoms with E-state index in [1.807, 2.05) is 23.7 Å². The third-order valence-electron chi connectivity index (χ3n) is 5.01. The zero-order valence-corrected chi connectivity index (χ0v) is 17.8. The van der Waals surface area contributed by atoms with E-state index < -0.39 is 34.4 Å². The molecule has 1 N–H and O–H groups in total. The van der Waals surface area contributed by atoms with Crippen LogP contribution in [0.2, 0.25) is 0 Å². The molecule has 1 atom stereocenters. The number of para-hydroxylation sites is 1. The summed E-state index contributed by atoms with van der Waals surface area (Å²) in [5.74, 6) is -2.21. The molecule has 0 saturated heterocycles. The third kappa shape index (κ3) is 3.62. The second kappa shape index (κ2) is 8.27. The Morgan fingerprint density at radius 3 is 2.59 bits per heavy atom. The molecule has 0 spiro atoms. The van der Waals surface area contributed by atoms with E-state index in [0.717, 1.165) is 15.9 Å². The minimum absolute atomic E-state index is 0.0883. The predicted octanol–water partition coefficient (Wildman–Crippen LogP) is 3.10. The number of imide groups is 1. The van der Waals surface area contributed by atoms with E-state index >= 15 is 0 Å². The Balaban J connectivity index is 1.58. The molecule has 1 aliphatic heterocycles. The molecule has 11 heteroatoms. The summed E-state index contributed by atoms with van der Waals surface area (Å²) in [6.07, 6.45) is 3.46. The molecule has 2 aromatic carbocycles. The van der Waals surface area contributed by atoms with Gasteiger partial charge in [-0.1, -0.05) is 18.2 Å². The highest BCUT2D eigenvalue weighted by molar-refractivity contribution is 7.99. The van der Waals surface area contributed by atoms with Crippen LogP contribution in [0.1, 0.15) is 27.6 Å². The fourth-order valence-corrected chi connectivity index (χ4v) is 4.24. The fraction of sp³-hybridized carbons (Fsp3) is 0.143. The van der Waals surface area contributed by atoms with Gasteiger partial charge in [0.1, 0.15) is 11.6 Å². The summed E-state index contributed by atoms with van der Waals surface area (Å²) in [6.45, 7) is 1.40. The van der Waals surface area contributed by atoms with Crippen LogP contribution in [0.25, 0.3) is 0 Å². The molecule has 0 fully saturated rings. The normalized spacial score (nSPS) is 13.8. The van der Waals surface area contributed by atoms with Gasteiger partial charge in [-0.2, -0.15) is 0 Å². The van der Waals surface area contributed by atoms with Crippen LogP contribution in [-0.2, 0) is 11.8 Å². The molecule has 2 heterocycles. The number of fused-ring (bicyclic) bond motifs is 1. The maximum Gasteiger partial charge on any atom is 0.282 e. The van der Waals surface area contributed by atoms with E-state index in [-0.39, 0.29) is 11.1 Å². The number of carbonyl (C=O) groups excluding carboxylic acids is 3. The molecule has 0 aliphatic carbocycles. The number of nitro groups is 1. The smallest absolute Gasteiger partial charge is 0.282 e. The van der Waals surface area contributed by atoms with Crippen LogP contribution >= 0.6 is 11.8 Å². The molecular weight excluding hydrogens is 434 g/mol. The highest BCUT2D eigenvalue weighted by Crippen LogP contribution is 2.34. The van der Waals surface area contributed by atoms with E-state index in [0.29, 0.717) is 10.8 Å². The molecule has 1 unspecified atom stereocenters. The Bertz CT molecular complexity index is 1270. The Kier molecular flexibility index (Phi) is 5.49. The van der Waals surface area contributed by atoms with Gasteiger partial charge < -0.3 is 9.88 Å². The third-order valence-corrected chi connectivity index (χ3v) is 6.16. The van der Waals surface area contributed by atoms with E-state index in [1.165, 1.54) is 30.8 Å². The number of nitro benzene ring substituents is 1. The lowest BCUT2D eigenvalue weighted by molar-refractivity contribution is -0.385. The second-order valence-corrected chi connectivity index (χ2v) is 8.03. The van der Waals surface area contributed by atoms with E-state index in [1.54, 1.807) is 24.5 Å². The van der Waals surface area contributed by atoms with E-state index in [4.69, 9.17) is 0 Å². The van der Waals surface area contributed by atoms with Crippen LogP contribution in [-0.4, -0.2) is 43.1 Å². The summed E-state index contributed by atoms with van der Waals surface area (Å²) in [5.41, 5.74) is -0.366. The summed E-state index contributed by atoms with van der Waals surface area (Å²) < 4.78 is 1.83. The van der Waals surface area contributed by atoms with Gasteiger partial charge in [0.2, 0.25) is 5.91 Å². The highest BCUT2D eigenvalue weighted by Gasteiger charge is 2.44. The predicted molar refractivity (Wildman–Crippen MR) is 115 cm³/mol. The molecule has 0 radical (unpaired) electrons. The van der Waals surface area contributed by atoms with E-state index in [9.17, 15) is 24.5 Å². The number of hydrogen-bond donors (Lipinski definition) is 1. The number of anilines is 1. The van der Waals surface area contributed by atoms with Gasteiger partial charge in [-0.05, 0) is 36.9 Å². The average molecular weight is 451 g/mol. The van der Waals surface area contributed by atoms with Crippen molar-refractivity contribution < 1.29 is 19.3 Å². The molecule has 3 aromatic rings. The van der Waals surface area contributed by atoms with Gasteiger partial charge in [-0.3, -0.25) is 29.4 Å². The fourth-order valence-electron chi connectivity index (χ4n) is 3.35. The minimum Gasteiger partial charge on any atom is -0.329 e. The molecule has 32 heavy (non-hydrogen) atoms. The van der Waals surface area contributed by atoms with Gasteiger partial charge in [0.25, 0.3) is 17.5 Å². The zero-order valence-electron chi connectivity index (χ0n) is 17.0. The first kappa shape index (κ1) is 21.2. The summed E-state index contributed by atoms with van der Waals surface area (Å²) in [5, 5.41) is 14.8. The molecule has 4 rings (SSSR count). The van der Waals surface area contributed by atoms with Crippen LogP contribution < -0.4 is 5.32 Å². The van der Waals surface area contributed by atoms with Gasteiger partial charge >= 0.3 is 0 Å². The number of nitrogens with zero attached hydrogens (tertiary/aromatic N) is 4. The van der Waals surface area contributed by atoms with Gasteiger partial charge in [-0.25, -0.2) is 4.98 Å². The van der Waals surface area contributed by atoms with Crippen molar-refractivity contribution in [1.29, 1.82) is 0 Å². The molecule has 1 aromatic heterocycles. The lowest BCUT2D eigenvalue weighted by Gasteiger charge is -2.22. The molecule has 0 saturated carbocycles. The number of imidazole rings is 1. The van der Waals surface area contributed by atoms with Crippen molar-refractivity contribution in [3.05, 3.63) is 76.1 Å². The van der Waals surface area contributed by atoms with Crippen molar-refractivity contribution in [3.63, 3.8) is 0 Å². The summed E-state index contributed by atoms with van der Waals surface area (Å²) in [4.78, 5) is 54.9. The quantitative estimate of drug-likeness (QED) is 0.346. The molecule has 0 bridgehead atoms. The average Bonchev–Trinajstić information content (AvgIpc) is 3.29. The van der Waals surface area contributed by atoms with Crippen LogP contribution in [0.15, 0.2) is 64.9 Å². The van der Waals surface area contributed by atoms with Crippen LogP contribution in [0.4, 0.5) is 11.4 Å². The molecular formula is C21H17N5O5S. The number of aromatic nitrogens is 2. The first-order chi connectivity index (χ1) is 15.3. The largest absolute Gasteiger partial charge is 0.329 e. The van der Waals surface area contributed by atoms with Gasteiger partial charge in [0, 0.05) is 30.4 Å². The number of aryl methyl sites for hydroxylation is 1. The van der Waals surface area contributed by atoms with Gasteiger partial charge in [0.05, 0.1) is 16.2 Å². The lowest BCUT2D eigenvalue weighted by atomic mass is 10.1. The summed E-state index contributed by atoms with van der Waals surface area (Å²) in [6, 6.07) is 9.71. The topological polar surface area (TPSA) is 127 Å². The number of hydrogen-bond acceptors (Lipinski definition) is 7. The Morgan fingerprint density at radius 1 is 1.16 bits per heavy atom. The van der Waals surface area contributed by atoms with Gasteiger partial charge in [0.15, 0.2) is 5.16 Å². The zero-order chi connectivity index (χ0) is 23.0. The number of amides is 3. The highest BCUT2D eigenvalue weighted by atomic mass is 32.2. The van der Waals surface area contributed by atoms with Crippen molar-refractivity contribution in [2.75, 3.05) is 5.32 Å². The maximum atomic E-state index is 13.0. The van der Waals surface area contributed by atoms with Gasteiger partial charge in [-0.15, -0.1) is 0 Å². The minimum atomic E-state index is -1.19. The Labute approximate surface area is 186 Å². The van der Waals surface area contributed by atoms with Crippen LogP contribution in [0.5, 0.6) is 0 Å². The number of benzene rings is 2. The second-order valence-electron chi connectivity index (χ2n) is 7.02. The standard InChI is InChI=1S/C21H17N5O5S/c1-12(25-19(28)13-6-5-8-15(26(30)31)17(13)20(25)29)18(27)23-14-7-3-4-9-16(14)32-21-22-10-11-24(21)2/h3-12H,1-2H3,(H,23,27). The first-order valence-electron chi connectivity index (χ1n) is 9.50. The van der Waals surface area contributed by atoms with Crippen molar-refractivity contribution >= 4 is 40.9 Å².